The zero-order valence-corrected chi connectivity index (χ0v) is 13.9. The van der Waals surface area contributed by atoms with Crippen LogP contribution in [0.1, 0.15) is 17.8 Å². The van der Waals surface area contributed by atoms with Crippen molar-refractivity contribution in [3.63, 3.8) is 0 Å². The predicted octanol–water partition coefficient (Wildman–Crippen LogP) is 3.75. The second kappa shape index (κ2) is 6.44. The molecule has 0 spiro atoms. The Labute approximate surface area is 151 Å². The first-order chi connectivity index (χ1) is 12.7. The van der Waals surface area contributed by atoms with Gasteiger partial charge in [-0.1, -0.05) is 54.6 Å². The van der Waals surface area contributed by atoms with Gasteiger partial charge in [0, 0.05) is 6.07 Å². The molecule has 1 atom stereocenters. The minimum absolute atomic E-state index is 0.0124. The average molecular weight is 343 g/mol. The molecule has 4 rings (SSSR count). The highest BCUT2D eigenvalue weighted by Gasteiger charge is 2.35. The molecule has 0 saturated heterocycles. The van der Waals surface area contributed by atoms with Crippen molar-refractivity contribution in [1.82, 2.24) is 15.0 Å². The van der Waals surface area contributed by atoms with E-state index in [1.165, 1.54) is 18.5 Å². The van der Waals surface area contributed by atoms with Crippen LogP contribution in [0, 0.1) is 0 Å². The van der Waals surface area contributed by atoms with Crippen molar-refractivity contribution in [2.75, 3.05) is 0 Å². The van der Waals surface area contributed by atoms with Crippen LogP contribution in [0.25, 0.3) is 11.4 Å². The lowest BCUT2D eigenvalue weighted by Gasteiger charge is -2.30. The maximum Gasteiger partial charge on any atom is 0.166 e. The van der Waals surface area contributed by atoms with E-state index < -0.39 is 5.41 Å². The molecule has 2 N–H and O–H groups in total. The van der Waals surface area contributed by atoms with Crippen molar-refractivity contribution in [3.05, 3.63) is 90.6 Å². The summed E-state index contributed by atoms with van der Waals surface area (Å²) in [6, 6.07) is 14.5. The summed E-state index contributed by atoms with van der Waals surface area (Å²) in [7, 11) is 0. The van der Waals surface area contributed by atoms with Gasteiger partial charge in [0.15, 0.2) is 5.82 Å². The van der Waals surface area contributed by atoms with Crippen molar-refractivity contribution >= 4 is 0 Å². The zero-order chi connectivity index (χ0) is 18.0. The number of nitrogens with zero attached hydrogens (tertiary/aromatic N) is 3. The first-order valence-electron chi connectivity index (χ1n) is 8.31. The van der Waals surface area contributed by atoms with E-state index in [2.05, 4.69) is 39.2 Å². The highest BCUT2D eigenvalue weighted by Crippen LogP contribution is 2.38. The Morgan fingerprint density at radius 3 is 2.50 bits per heavy atom. The summed E-state index contributed by atoms with van der Waals surface area (Å²) in [4.78, 5) is 13.3. The van der Waals surface area contributed by atoms with Crippen LogP contribution < -0.4 is 0 Å². The van der Waals surface area contributed by atoms with E-state index in [0.29, 0.717) is 17.2 Å². The standard InChI is InChI=1S/C21H17N3O2/c25-16-9-10-17(18(26)13-16)19-22-14-23-20(24-19)21(11-5-2-6-12-21)15-7-3-1-4-8-15/h1-11,13-14,25-26H,12H2. The first kappa shape index (κ1) is 16.0. The van der Waals surface area contributed by atoms with Gasteiger partial charge in [0.05, 0.1) is 11.0 Å². The Kier molecular flexibility index (Phi) is 3.97. The monoisotopic (exact) mass is 343 g/mol. The molecule has 26 heavy (non-hydrogen) atoms. The number of allylic oxidation sites excluding steroid dienone is 4. The van der Waals surface area contributed by atoms with Gasteiger partial charge in [-0.2, -0.15) is 0 Å². The molecule has 1 unspecified atom stereocenters. The molecule has 3 aromatic rings. The van der Waals surface area contributed by atoms with Crippen molar-refractivity contribution in [1.29, 1.82) is 0 Å². The minimum atomic E-state index is -0.486. The Hall–Kier alpha value is -3.47. The van der Waals surface area contributed by atoms with E-state index in [9.17, 15) is 10.2 Å². The van der Waals surface area contributed by atoms with Gasteiger partial charge in [-0.3, -0.25) is 0 Å². The Balaban J connectivity index is 1.86. The maximum absolute atomic E-state index is 10.1. The van der Waals surface area contributed by atoms with Gasteiger partial charge in [-0.05, 0) is 24.1 Å². The summed E-state index contributed by atoms with van der Waals surface area (Å²) in [5, 5.41) is 19.6. The molecule has 0 aliphatic heterocycles. The van der Waals surface area contributed by atoms with E-state index in [1.54, 1.807) is 6.07 Å². The van der Waals surface area contributed by atoms with E-state index in [0.717, 1.165) is 12.0 Å². The van der Waals surface area contributed by atoms with Gasteiger partial charge in [0.25, 0.3) is 0 Å². The van der Waals surface area contributed by atoms with Gasteiger partial charge in [-0.15, -0.1) is 0 Å². The Morgan fingerprint density at radius 1 is 0.923 bits per heavy atom. The number of aromatic nitrogens is 3. The third-order valence-electron chi connectivity index (χ3n) is 4.55. The fraction of sp³-hybridized carbons (Fsp3) is 0.0952. The zero-order valence-electron chi connectivity index (χ0n) is 13.9. The van der Waals surface area contributed by atoms with Crippen LogP contribution in [-0.2, 0) is 5.41 Å². The number of phenolic OH excluding ortho intramolecular Hbond substituents is 2. The summed E-state index contributed by atoms with van der Waals surface area (Å²) in [5.41, 5.74) is 1.05. The number of rotatable bonds is 3. The molecule has 1 aromatic heterocycles. The number of aromatic hydroxyl groups is 2. The maximum atomic E-state index is 10.1. The van der Waals surface area contributed by atoms with Crippen LogP contribution in [-0.4, -0.2) is 25.2 Å². The van der Waals surface area contributed by atoms with Crippen molar-refractivity contribution in [2.45, 2.75) is 11.8 Å². The van der Waals surface area contributed by atoms with Gasteiger partial charge in [0.2, 0.25) is 0 Å². The van der Waals surface area contributed by atoms with Crippen LogP contribution in [0.3, 0.4) is 0 Å². The lowest BCUT2D eigenvalue weighted by atomic mass is 9.74. The van der Waals surface area contributed by atoms with Gasteiger partial charge < -0.3 is 10.2 Å². The summed E-state index contributed by atoms with van der Waals surface area (Å²) in [5.74, 6) is 0.893. The van der Waals surface area contributed by atoms with Crippen LogP contribution >= 0.6 is 0 Å². The molecule has 1 aliphatic rings. The summed E-state index contributed by atoms with van der Waals surface area (Å²) < 4.78 is 0. The molecule has 0 radical (unpaired) electrons. The van der Waals surface area contributed by atoms with E-state index in [-0.39, 0.29) is 11.5 Å². The topological polar surface area (TPSA) is 79.1 Å². The normalized spacial score (nSPS) is 18.8. The highest BCUT2D eigenvalue weighted by molar-refractivity contribution is 5.65. The molecule has 5 heteroatoms. The van der Waals surface area contributed by atoms with Crippen LogP contribution in [0.15, 0.2) is 79.2 Å². The molecule has 1 aliphatic carbocycles. The van der Waals surface area contributed by atoms with Crippen molar-refractivity contribution in [3.8, 4) is 22.9 Å². The Morgan fingerprint density at radius 2 is 1.77 bits per heavy atom. The lowest BCUT2D eigenvalue weighted by molar-refractivity contribution is 0.451. The largest absolute Gasteiger partial charge is 0.508 e. The number of phenols is 2. The van der Waals surface area contributed by atoms with Crippen LogP contribution in [0.5, 0.6) is 11.5 Å². The number of benzene rings is 2. The van der Waals surface area contributed by atoms with Crippen LogP contribution in [0.4, 0.5) is 0 Å². The van der Waals surface area contributed by atoms with Crippen LogP contribution in [0.2, 0.25) is 0 Å². The van der Waals surface area contributed by atoms with E-state index in [4.69, 9.17) is 0 Å². The highest BCUT2D eigenvalue weighted by atomic mass is 16.3. The molecule has 2 aromatic carbocycles. The fourth-order valence-corrected chi connectivity index (χ4v) is 3.22. The van der Waals surface area contributed by atoms with Crippen molar-refractivity contribution in [2.24, 2.45) is 0 Å². The smallest absolute Gasteiger partial charge is 0.166 e. The van der Waals surface area contributed by atoms with Gasteiger partial charge in [-0.25, -0.2) is 15.0 Å². The first-order valence-corrected chi connectivity index (χ1v) is 8.31. The summed E-state index contributed by atoms with van der Waals surface area (Å²) in [6.45, 7) is 0. The summed E-state index contributed by atoms with van der Waals surface area (Å²) >= 11 is 0. The lowest BCUT2D eigenvalue weighted by Crippen LogP contribution is -2.28. The molecule has 0 amide bonds. The van der Waals surface area contributed by atoms with Gasteiger partial charge >= 0.3 is 0 Å². The number of hydrogen-bond donors (Lipinski definition) is 2. The third-order valence-corrected chi connectivity index (χ3v) is 4.55. The molecule has 128 valence electrons. The molecular formula is C21H17N3O2. The fourth-order valence-electron chi connectivity index (χ4n) is 3.22. The Bertz CT molecular complexity index is 999. The third kappa shape index (κ3) is 2.73. The second-order valence-corrected chi connectivity index (χ2v) is 6.16. The van der Waals surface area contributed by atoms with E-state index in [1.807, 2.05) is 30.4 Å². The SMILES string of the molecule is Oc1ccc(-c2ncnc(C3(c4ccccc4)C=CC=CC3)n2)c(O)c1. The van der Waals surface area contributed by atoms with Crippen molar-refractivity contribution < 1.29 is 10.2 Å². The minimum Gasteiger partial charge on any atom is -0.508 e. The quantitative estimate of drug-likeness (QED) is 0.757. The average Bonchev–Trinajstić information content (AvgIpc) is 2.69. The molecule has 5 nitrogen and oxygen atoms in total. The molecule has 0 fully saturated rings. The van der Waals surface area contributed by atoms with Gasteiger partial charge in [0.1, 0.15) is 23.7 Å². The number of hydrogen-bond acceptors (Lipinski definition) is 5. The van der Waals surface area contributed by atoms with E-state index >= 15 is 0 Å². The molecule has 1 heterocycles. The molecular weight excluding hydrogens is 326 g/mol. The second-order valence-electron chi connectivity index (χ2n) is 6.16. The molecule has 0 saturated carbocycles. The summed E-state index contributed by atoms with van der Waals surface area (Å²) in [6.07, 6.45) is 10.4. The predicted molar refractivity (Wildman–Crippen MR) is 98.7 cm³/mol. The molecule has 0 bridgehead atoms.